The lowest BCUT2D eigenvalue weighted by atomic mass is 10.1. The van der Waals surface area contributed by atoms with Gasteiger partial charge in [-0.3, -0.25) is 19.9 Å². The summed E-state index contributed by atoms with van der Waals surface area (Å²) in [6.45, 7) is 5.66. The summed E-state index contributed by atoms with van der Waals surface area (Å²) in [6, 6.07) is 14.8. The molecule has 0 spiro atoms. The number of carbonyl (C=O) groups excluding carboxylic acids is 2. The van der Waals surface area contributed by atoms with Crippen molar-refractivity contribution in [2.24, 2.45) is 4.99 Å². The maximum absolute atomic E-state index is 12.9. The van der Waals surface area contributed by atoms with Gasteiger partial charge in [-0.1, -0.05) is 59.6 Å². The third-order valence-corrected chi connectivity index (χ3v) is 7.47. The van der Waals surface area contributed by atoms with Crippen LogP contribution in [0.1, 0.15) is 11.1 Å². The molecular weight excluding hydrogens is 487 g/mol. The summed E-state index contributed by atoms with van der Waals surface area (Å²) in [7, 11) is 1.67. The summed E-state index contributed by atoms with van der Waals surface area (Å²) < 4.78 is 0. The Morgan fingerprint density at radius 1 is 0.943 bits per heavy atom. The predicted molar refractivity (Wildman–Crippen MR) is 136 cm³/mol. The van der Waals surface area contributed by atoms with Gasteiger partial charge < -0.3 is 9.80 Å². The first-order valence-electron chi connectivity index (χ1n) is 11.7. The normalized spacial score (nSPS) is 23.3. The van der Waals surface area contributed by atoms with E-state index in [0.29, 0.717) is 23.1 Å². The van der Waals surface area contributed by atoms with Gasteiger partial charge in [0.05, 0.1) is 6.54 Å². The summed E-state index contributed by atoms with van der Waals surface area (Å²) in [5, 5.41) is 3.55. The standard InChI is InChI=1S/C25H28Cl2N6O2/c1-30-23-22(24(34)29-25(30)35)33(15-18-7-8-19(26)13-20(18)27)21(28-23)16-32-11-9-31(10-12-32)14-17-5-3-2-4-6-17/h2-8,13,22-23H,9-12,14-16H2,1H3,(H,29,34,35). The maximum atomic E-state index is 12.9. The number of nitrogens with one attached hydrogen (secondary N) is 1. The highest BCUT2D eigenvalue weighted by Gasteiger charge is 2.48. The van der Waals surface area contributed by atoms with Crippen LogP contribution in [0.25, 0.3) is 0 Å². The number of rotatable bonds is 6. The van der Waals surface area contributed by atoms with Crippen LogP contribution in [-0.4, -0.2) is 89.4 Å². The van der Waals surface area contributed by atoms with Gasteiger partial charge in [0.1, 0.15) is 5.84 Å². The fourth-order valence-corrected chi connectivity index (χ4v) is 5.35. The van der Waals surface area contributed by atoms with Crippen molar-refractivity contribution in [2.45, 2.75) is 25.3 Å². The van der Waals surface area contributed by atoms with E-state index >= 15 is 0 Å². The summed E-state index contributed by atoms with van der Waals surface area (Å²) in [5.41, 5.74) is 2.17. The highest BCUT2D eigenvalue weighted by molar-refractivity contribution is 6.35. The Bertz CT molecular complexity index is 1140. The lowest BCUT2D eigenvalue weighted by Gasteiger charge is -2.38. The van der Waals surface area contributed by atoms with Crippen molar-refractivity contribution >= 4 is 41.0 Å². The zero-order chi connectivity index (χ0) is 24.5. The van der Waals surface area contributed by atoms with E-state index in [1.54, 1.807) is 19.2 Å². The Labute approximate surface area is 215 Å². The highest BCUT2D eigenvalue weighted by atomic mass is 35.5. The number of nitrogens with zero attached hydrogens (tertiary/aromatic N) is 5. The van der Waals surface area contributed by atoms with E-state index in [9.17, 15) is 9.59 Å². The second-order valence-corrected chi connectivity index (χ2v) is 10.1. The molecule has 3 amide bonds. The van der Waals surface area contributed by atoms with Crippen molar-refractivity contribution in [2.75, 3.05) is 39.8 Å². The summed E-state index contributed by atoms with van der Waals surface area (Å²) in [4.78, 5) is 38.3. The first-order chi connectivity index (χ1) is 16.9. The molecule has 2 aromatic rings. The number of likely N-dealkylation sites (N-methyl/N-ethyl adjacent to an activating group) is 1. The molecule has 10 heteroatoms. The Morgan fingerprint density at radius 2 is 1.63 bits per heavy atom. The minimum absolute atomic E-state index is 0.338. The van der Waals surface area contributed by atoms with Crippen LogP contribution >= 0.6 is 23.2 Å². The second kappa shape index (κ2) is 10.1. The fourth-order valence-electron chi connectivity index (χ4n) is 4.88. The van der Waals surface area contributed by atoms with E-state index in [-0.39, 0.29) is 5.91 Å². The summed E-state index contributed by atoms with van der Waals surface area (Å²) in [6.07, 6.45) is -0.559. The topological polar surface area (TPSA) is 71.5 Å². The predicted octanol–water partition coefficient (Wildman–Crippen LogP) is 2.90. The van der Waals surface area contributed by atoms with Gasteiger partial charge in [0.15, 0.2) is 12.2 Å². The van der Waals surface area contributed by atoms with E-state index in [0.717, 1.165) is 44.1 Å². The number of piperazine rings is 1. The molecule has 5 rings (SSSR count). The second-order valence-electron chi connectivity index (χ2n) is 9.21. The zero-order valence-electron chi connectivity index (χ0n) is 19.5. The highest BCUT2D eigenvalue weighted by Crippen LogP contribution is 2.29. The Kier molecular flexibility index (Phi) is 6.98. The van der Waals surface area contributed by atoms with Crippen LogP contribution in [0.15, 0.2) is 53.5 Å². The van der Waals surface area contributed by atoms with Crippen LogP contribution in [0, 0.1) is 0 Å². The zero-order valence-corrected chi connectivity index (χ0v) is 21.0. The lowest BCUT2D eigenvalue weighted by Crippen LogP contribution is -2.63. The van der Waals surface area contributed by atoms with Gasteiger partial charge in [-0.05, 0) is 23.3 Å². The summed E-state index contributed by atoms with van der Waals surface area (Å²) >= 11 is 12.5. The first kappa shape index (κ1) is 24.1. The van der Waals surface area contributed by atoms with E-state index < -0.39 is 18.2 Å². The van der Waals surface area contributed by atoms with Crippen molar-refractivity contribution in [3.63, 3.8) is 0 Å². The van der Waals surface area contributed by atoms with Crippen molar-refractivity contribution in [3.05, 3.63) is 69.7 Å². The molecule has 1 N–H and O–H groups in total. The molecule has 3 heterocycles. The SMILES string of the molecule is CN1C(=O)NC(=O)C2C1N=C(CN1CCN(Cc3ccccc3)CC1)N2Cc1ccc(Cl)cc1Cl. The average molecular weight is 515 g/mol. The molecule has 2 unspecified atom stereocenters. The van der Waals surface area contributed by atoms with Gasteiger partial charge in [-0.2, -0.15) is 0 Å². The molecule has 0 aromatic heterocycles. The van der Waals surface area contributed by atoms with Crippen molar-refractivity contribution in [1.82, 2.24) is 24.9 Å². The first-order valence-corrected chi connectivity index (χ1v) is 12.5. The number of halogens is 2. The van der Waals surface area contributed by atoms with Crippen molar-refractivity contribution in [3.8, 4) is 0 Å². The molecule has 8 nitrogen and oxygen atoms in total. The van der Waals surface area contributed by atoms with E-state index in [1.807, 2.05) is 17.0 Å². The molecule has 0 radical (unpaired) electrons. The van der Waals surface area contributed by atoms with Gasteiger partial charge in [0, 0.05) is 56.4 Å². The Hall–Kier alpha value is -2.65. The number of amidine groups is 1. The van der Waals surface area contributed by atoms with Crippen LogP contribution in [0.4, 0.5) is 4.79 Å². The third kappa shape index (κ3) is 5.16. The molecule has 0 saturated carbocycles. The number of aliphatic imine (C=N–C) groups is 1. The van der Waals surface area contributed by atoms with E-state index in [2.05, 4.69) is 39.4 Å². The van der Waals surface area contributed by atoms with Gasteiger partial charge in [0.25, 0.3) is 5.91 Å². The maximum Gasteiger partial charge on any atom is 0.325 e. The van der Waals surface area contributed by atoms with Gasteiger partial charge >= 0.3 is 6.03 Å². The number of benzene rings is 2. The van der Waals surface area contributed by atoms with Gasteiger partial charge in [-0.25, -0.2) is 9.79 Å². The molecule has 2 aromatic carbocycles. The number of hydrogen-bond donors (Lipinski definition) is 1. The number of fused-ring (bicyclic) bond motifs is 1. The smallest absolute Gasteiger partial charge is 0.325 e. The van der Waals surface area contributed by atoms with Crippen LogP contribution in [0.2, 0.25) is 10.0 Å². The molecule has 0 aliphatic carbocycles. The minimum atomic E-state index is -0.598. The summed E-state index contributed by atoms with van der Waals surface area (Å²) in [5.74, 6) is 0.453. The molecule has 2 atom stereocenters. The lowest BCUT2D eigenvalue weighted by molar-refractivity contribution is -0.127. The Balaban J connectivity index is 1.31. The molecular formula is C25H28Cl2N6O2. The Morgan fingerprint density at radius 3 is 2.31 bits per heavy atom. The van der Waals surface area contributed by atoms with Crippen LogP contribution in [0.3, 0.4) is 0 Å². The molecule has 2 fully saturated rings. The number of carbonyl (C=O) groups is 2. The number of urea groups is 1. The molecule has 0 bridgehead atoms. The van der Waals surface area contributed by atoms with Crippen LogP contribution < -0.4 is 5.32 Å². The average Bonchev–Trinajstić information content (AvgIpc) is 3.20. The monoisotopic (exact) mass is 514 g/mol. The number of amides is 3. The van der Waals surface area contributed by atoms with Crippen molar-refractivity contribution < 1.29 is 9.59 Å². The molecule has 3 aliphatic heterocycles. The van der Waals surface area contributed by atoms with Gasteiger partial charge in [0.2, 0.25) is 0 Å². The molecule has 3 aliphatic rings. The van der Waals surface area contributed by atoms with Crippen molar-refractivity contribution in [1.29, 1.82) is 0 Å². The van der Waals surface area contributed by atoms with E-state index in [4.69, 9.17) is 28.2 Å². The molecule has 2 saturated heterocycles. The number of hydrogen-bond acceptors (Lipinski definition) is 6. The van der Waals surface area contributed by atoms with Crippen LogP contribution in [-0.2, 0) is 17.9 Å². The quantitative estimate of drug-likeness (QED) is 0.641. The largest absolute Gasteiger partial charge is 0.339 e. The number of imide groups is 1. The molecule has 184 valence electrons. The van der Waals surface area contributed by atoms with Gasteiger partial charge in [-0.15, -0.1) is 0 Å². The van der Waals surface area contributed by atoms with E-state index in [1.165, 1.54) is 10.5 Å². The fraction of sp³-hybridized carbons (Fsp3) is 0.400. The minimum Gasteiger partial charge on any atom is -0.339 e. The van der Waals surface area contributed by atoms with Crippen LogP contribution in [0.5, 0.6) is 0 Å². The molecule has 35 heavy (non-hydrogen) atoms. The third-order valence-electron chi connectivity index (χ3n) is 6.88.